The fourth-order valence-electron chi connectivity index (χ4n) is 0.456. The summed E-state index contributed by atoms with van der Waals surface area (Å²) in [6.45, 7) is 2.99. The second-order valence-electron chi connectivity index (χ2n) is 1.89. The molecule has 0 radical (unpaired) electrons. The van der Waals surface area contributed by atoms with Crippen molar-refractivity contribution < 1.29 is 9.50 Å². The Balaban J connectivity index is 3.15. The first kappa shape index (κ1) is 6.89. The third kappa shape index (κ3) is 5.89. The summed E-state index contributed by atoms with van der Waals surface area (Å²) in [5.74, 6) is -1.95. The molecule has 0 amide bonds. The number of rotatable bonds is 2. The van der Waals surface area contributed by atoms with Gasteiger partial charge in [0, 0.05) is 6.42 Å². The Morgan fingerprint density at radius 1 is 1.71 bits per heavy atom. The molecule has 0 spiro atoms. The minimum Gasteiger partial charge on any atom is -0.362 e. The molecule has 2 heteroatoms. The molecule has 0 rings (SSSR count). The van der Waals surface area contributed by atoms with Crippen LogP contribution in [-0.2, 0) is 0 Å². The number of aliphatic hydroxyl groups is 1. The van der Waals surface area contributed by atoms with Crippen LogP contribution in [0.25, 0.3) is 0 Å². The SMILES string of the molecule is CCCC(C)(O)F. The van der Waals surface area contributed by atoms with Gasteiger partial charge in [-0.25, -0.2) is 4.39 Å². The summed E-state index contributed by atoms with van der Waals surface area (Å²) < 4.78 is 11.9. The van der Waals surface area contributed by atoms with Crippen LogP contribution in [0, 0.1) is 0 Å². The summed E-state index contributed by atoms with van der Waals surface area (Å²) in [6.07, 6.45) is 0.913. The molecule has 1 unspecified atom stereocenters. The van der Waals surface area contributed by atoms with Crippen molar-refractivity contribution in [3.05, 3.63) is 0 Å². The molecule has 0 heterocycles. The summed E-state index contributed by atoms with van der Waals surface area (Å²) in [5, 5.41) is 8.35. The maximum atomic E-state index is 11.9. The summed E-state index contributed by atoms with van der Waals surface area (Å²) in [5.41, 5.74) is 0. The molecule has 0 aliphatic heterocycles. The predicted octanol–water partition coefficient (Wildman–Crippen LogP) is 1.46. The van der Waals surface area contributed by atoms with Crippen LogP contribution >= 0.6 is 0 Å². The van der Waals surface area contributed by atoms with Gasteiger partial charge < -0.3 is 5.11 Å². The van der Waals surface area contributed by atoms with Crippen LogP contribution in [0.4, 0.5) is 4.39 Å². The molecular formula is C5H11FO. The molecule has 0 aliphatic carbocycles. The lowest BCUT2D eigenvalue weighted by Crippen LogP contribution is -2.14. The summed E-state index contributed by atoms with van der Waals surface area (Å²) in [7, 11) is 0. The average Bonchev–Trinajstić information content (AvgIpc) is 1.30. The van der Waals surface area contributed by atoms with Gasteiger partial charge in [0.25, 0.3) is 0 Å². The highest BCUT2D eigenvalue weighted by Gasteiger charge is 2.14. The van der Waals surface area contributed by atoms with Gasteiger partial charge in [-0.3, -0.25) is 0 Å². The largest absolute Gasteiger partial charge is 0.362 e. The molecule has 0 bridgehead atoms. The van der Waals surface area contributed by atoms with Crippen LogP contribution < -0.4 is 0 Å². The lowest BCUT2D eigenvalue weighted by Gasteiger charge is -2.08. The molecule has 1 nitrogen and oxygen atoms in total. The van der Waals surface area contributed by atoms with Gasteiger partial charge in [0.05, 0.1) is 0 Å². The van der Waals surface area contributed by atoms with E-state index in [1.807, 2.05) is 6.92 Å². The van der Waals surface area contributed by atoms with Gasteiger partial charge in [-0.1, -0.05) is 13.3 Å². The Hall–Kier alpha value is -0.110. The highest BCUT2D eigenvalue weighted by molar-refractivity contribution is 4.53. The van der Waals surface area contributed by atoms with Crippen LogP contribution in [0.2, 0.25) is 0 Å². The molecule has 1 atom stereocenters. The first-order valence-electron chi connectivity index (χ1n) is 2.47. The third-order valence-electron chi connectivity index (χ3n) is 0.706. The smallest absolute Gasteiger partial charge is 0.203 e. The van der Waals surface area contributed by atoms with Gasteiger partial charge >= 0.3 is 0 Å². The Kier molecular flexibility index (Phi) is 2.23. The van der Waals surface area contributed by atoms with E-state index in [2.05, 4.69) is 0 Å². The van der Waals surface area contributed by atoms with Gasteiger partial charge in [-0.2, -0.15) is 0 Å². The summed E-state index contributed by atoms with van der Waals surface area (Å²) in [6, 6.07) is 0. The number of alkyl halides is 1. The quantitative estimate of drug-likeness (QED) is 0.565. The molecule has 0 aromatic heterocycles. The molecule has 0 saturated carbocycles. The second kappa shape index (κ2) is 2.26. The number of hydrogen-bond acceptors (Lipinski definition) is 1. The lowest BCUT2D eigenvalue weighted by molar-refractivity contribution is -0.0767. The molecular weight excluding hydrogens is 95.1 g/mol. The van der Waals surface area contributed by atoms with Crippen molar-refractivity contribution >= 4 is 0 Å². The summed E-state index contributed by atoms with van der Waals surface area (Å²) in [4.78, 5) is 0. The van der Waals surface area contributed by atoms with E-state index >= 15 is 0 Å². The van der Waals surface area contributed by atoms with E-state index in [9.17, 15) is 4.39 Å². The normalized spacial score (nSPS) is 18.9. The van der Waals surface area contributed by atoms with Crippen molar-refractivity contribution in [1.82, 2.24) is 0 Å². The van der Waals surface area contributed by atoms with E-state index in [1.54, 1.807) is 0 Å². The third-order valence-corrected chi connectivity index (χ3v) is 0.706. The standard InChI is InChI=1S/C5H11FO/c1-3-4-5(2,6)7/h7H,3-4H2,1-2H3. The highest BCUT2D eigenvalue weighted by atomic mass is 19.2. The van der Waals surface area contributed by atoms with Crippen LogP contribution in [0.5, 0.6) is 0 Å². The molecule has 0 saturated heterocycles. The number of hydrogen-bond donors (Lipinski definition) is 1. The molecule has 7 heavy (non-hydrogen) atoms. The van der Waals surface area contributed by atoms with Crippen LogP contribution in [0.1, 0.15) is 26.7 Å². The Bertz CT molecular complexity index is 46.5. The Labute approximate surface area is 43.2 Å². The molecule has 1 N–H and O–H groups in total. The van der Waals surface area contributed by atoms with Crippen LogP contribution in [0.3, 0.4) is 0 Å². The van der Waals surface area contributed by atoms with Crippen molar-refractivity contribution in [2.24, 2.45) is 0 Å². The van der Waals surface area contributed by atoms with Crippen LogP contribution in [0.15, 0.2) is 0 Å². The van der Waals surface area contributed by atoms with Crippen molar-refractivity contribution in [2.75, 3.05) is 0 Å². The van der Waals surface area contributed by atoms with E-state index in [1.165, 1.54) is 0 Å². The van der Waals surface area contributed by atoms with Gasteiger partial charge in [0.1, 0.15) is 0 Å². The summed E-state index contributed by atoms with van der Waals surface area (Å²) >= 11 is 0. The van der Waals surface area contributed by atoms with Crippen molar-refractivity contribution in [2.45, 2.75) is 32.5 Å². The maximum Gasteiger partial charge on any atom is 0.203 e. The van der Waals surface area contributed by atoms with E-state index in [4.69, 9.17) is 5.11 Å². The van der Waals surface area contributed by atoms with Gasteiger partial charge in [0.2, 0.25) is 5.85 Å². The van der Waals surface area contributed by atoms with Crippen LogP contribution in [-0.4, -0.2) is 11.0 Å². The monoisotopic (exact) mass is 106 g/mol. The van der Waals surface area contributed by atoms with E-state index in [0.717, 1.165) is 6.92 Å². The first-order chi connectivity index (χ1) is 3.06. The molecule has 0 aromatic rings. The van der Waals surface area contributed by atoms with Crippen molar-refractivity contribution in [3.63, 3.8) is 0 Å². The lowest BCUT2D eigenvalue weighted by atomic mass is 10.2. The zero-order valence-electron chi connectivity index (χ0n) is 4.74. The zero-order valence-corrected chi connectivity index (χ0v) is 4.74. The van der Waals surface area contributed by atoms with Gasteiger partial charge in [-0.05, 0) is 6.92 Å². The maximum absolute atomic E-state index is 11.9. The molecule has 0 aliphatic rings. The fraction of sp³-hybridized carbons (Fsp3) is 1.00. The fourth-order valence-corrected chi connectivity index (χ4v) is 0.456. The minimum absolute atomic E-state index is 0.229. The average molecular weight is 106 g/mol. The minimum atomic E-state index is -1.95. The highest BCUT2D eigenvalue weighted by Crippen LogP contribution is 2.11. The Morgan fingerprint density at radius 3 is 2.14 bits per heavy atom. The van der Waals surface area contributed by atoms with E-state index in [0.29, 0.717) is 6.42 Å². The topological polar surface area (TPSA) is 20.2 Å². The Morgan fingerprint density at radius 2 is 2.14 bits per heavy atom. The van der Waals surface area contributed by atoms with Gasteiger partial charge in [-0.15, -0.1) is 0 Å². The van der Waals surface area contributed by atoms with Crippen molar-refractivity contribution in [3.8, 4) is 0 Å². The van der Waals surface area contributed by atoms with E-state index in [-0.39, 0.29) is 6.42 Å². The second-order valence-corrected chi connectivity index (χ2v) is 1.89. The van der Waals surface area contributed by atoms with Gasteiger partial charge in [0.15, 0.2) is 0 Å². The molecule has 0 aromatic carbocycles. The molecule has 44 valence electrons. The van der Waals surface area contributed by atoms with Crippen molar-refractivity contribution in [1.29, 1.82) is 0 Å². The predicted molar refractivity (Wildman–Crippen MR) is 26.6 cm³/mol. The molecule has 0 fully saturated rings. The first-order valence-corrected chi connectivity index (χ1v) is 2.47. The zero-order chi connectivity index (χ0) is 5.91. The van der Waals surface area contributed by atoms with E-state index < -0.39 is 5.85 Å². The number of halogens is 1.